The zero-order valence-corrected chi connectivity index (χ0v) is 17.9. The molecule has 8 heteroatoms. The zero-order valence-electron chi connectivity index (χ0n) is 17.1. The zero-order chi connectivity index (χ0) is 22.5. The van der Waals surface area contributed by atoms with Crippen molar-refractivity contribution in [3.05, 3.63) is 88.9 Å². The van der Waals surface area contributed by atoms with Crippen molar-refractivity contribution in [3.63, 3.8) is 0 Å². The summed E-state index contributed by atoms with van der Waals surface area (Å²) in [6.45, 7) is 1.64. The van der Waals surface area contributed by atoms with Crippen molar-refractivity contribution in [1.82, 2.24) is 15.5 Å². The van der Waals surface area contributed by atoms with Gasteiger partial charge in [-0.3, -0.25) is 9.59 Å². The van der Waals surface area contributed by atoms with E-state index in [9.17, 15) is 9.59 Å². The first-order chi connectivity index (χ1) is 15.5. The van der Waals surface area contributed by atoms with Crippen molar-refractivity contribution in [2.45, 2.75) is 6.92 Å². The molecule has 0 unspecified atom stereocenters. The third kappa shape index (κ3) is 4.84. The molecule has 0 spiro atoms. The Balaban J connectivity index is 1.36. The lowest BCUT2D eigenvalue weighted by Crippen LogP contribution is -2.33. The lowest BCUT2D eigenvalue weighted by molar-refractivity contribution is -0.115. The summed E-state index contributed by atoms with van der Waals surface area (Å²) in [5.41, 5.74) is 3.29. The predicted octanol–water partition coefficient (Wildman–Crippen LogP) is 4.73. The van der Waals surface area contributed by atoms with E-state index in [-0.39, 0.29) is 18.4 Å². The van der Waals surface area contributed by atoms with Gasteiger partial charge in [0.25, 0.3) is 5.91 Å². The third-order valence-electron chi connectivity index (χ3n) is 4.79. The highest BCUT2D eigenvalue weighted by Gasteiger charge is 2.13. The fraction of sp³-hybridized carbons (Fsp3) is 0.0833. The Bertz CT molecular complexity index is 1250. The Morgan fingerprint density at radius 1 is 0.875 bits per heavy atom. The molecule has 0 aliphatic heterocycles. The van der Waals surface area contributed by atoms with Crippen LogP contribution in [0.5, 0.6) is 0 Å². The predicted molar refractivity (Wildman–Crippen MR) is 122 cm³/mol. The van der Waals surface area contributed by atoms with Gasteiger partial charge in [0.15, 0.2) is 0 Å². The van der Waals surface area contributed by atoms with Crippen LogP contribution in [0.4, 0.5) is 5.69 Å². The van der Waals surface area contributed by atoms with Crippen LogP contribution in [0.1, 0.15) is 15.9 Å². The number of halogens is 1. The van der Waals surface area contributed by atoms with Crippen molar-refractivity contribution < 1.29 is 14.0 Å². The Morgan fingerprint density at radius 2 is 1.53 bits per heavy atom. The minimum atomic E-state index is -0.370. The first-order valence-electron chi connectivity index (χ1n) is 9.84. The van der Waals surface area contributed by atoms with Crippen LogP contribution in [0, 0.1) is 6.92 Å². The molecule has 0 aliphatic carbocycles. The second-order valence-electron chi connectivity index (χ2n) is 7.00. The van der Waals surface area contributed by atoms with Gasteiger partial charge in [-0.2, -0.15) is 0 Å². The van der Waals surface area contributed by atoms with E-state index in [0.29, 0.717) is 33.6 Å². The molecule has 7 nitrogen and oxygen atoms in total. The van der Waals surface area contributed by atoms with Crippen LogP contribution in [0.15, 0.2) is 77.2 Å². The molecule has 0 aliphatic rings. The summed E-state index contributed by atoms with van der Waals surface area (Å²) in [5.74, 6) is 0.0557. The maximum Gasteiger partial charge on any atom is 0.251 e. The molecule has 2 amide bonds. The number of nitrogens with zero attached hydrogens (tertiary/aromatic N) is 2. The SMILES string of the molecule is Cc1c(Cl)cccc1NC(=O)CNC(=O)c1ccc(-c2nnc(-c3ccccc3)o2)cc1. The minimum absolute atomic E-state index is 0.170. The van der Waals surface area contributed by atoms with E-state index in [1.807, 2.05) is 37.3 Å². The van der Waals surface area contributed by atoms with Gasteiger partial charge < -0.3 is 15.1 Å². The van der Waals surface area contributed by atoms with Crippen molar-refractivity contribution in [2.75, 3.05) is 11.9 Å². The summed E-state index contributed by atoms with van der Waals surface area (Å²) < 4.78 is 5.72. The Hall–Kier alpha value is -3.97. The maximum absolute atomic E-state index is 12.4. The van der Waals surface area contributed by atoms with Crippen LogP contribution in [0.2, 0.25) is 5.02 Å². The standard InChI is InChI=1S/C24H19ClN4O3/c1-15-19(25)8-5-9-20(15)27-21(30)14-26-22(31)16-10-12-18(13-11-16)24-29-28-23(32-24)17-6-3-2-4-7-17/h2-13H,14H2,1H3,(H,26,31)(H,27,30). The van der Waals surface area contributed by atoms with E-state index in [0.717, 1.165) is 11.1 Å². The van der Waals surface area contributed by atoms with Crippen molar-refractivity contribution in [1.29, 1.82) is 0 Å². The number of nitrogens with one attached hydrogen (secondary N) is 2. The fourth-order valence-electron chi connectivity index (χ4n) is 3.00. The van der Waals surface area contributed by atoms with Crippen LogP contribution in [-0.4, -0.2) is 28.6 Å². The lowest BCUT2D eigenvalue weighted by atomic mass is 10.1. The van der Waals surface area contributed by atoms with Crippen LogP contribution in [0.25, 0.3) is 22.9 Å². The van der Waals surface area contributed by atoms with Gasteiger partial charge in [-0.05, 0) is 61.0 Å². The Labute approximate surface area is 189 Å². The highest BCUT2D eigenvalue weighted by atomic mass is 35.5. The van der Waals surface area contributed by atoms with Crippen molar-refractivity contribution in [2.24, 2.45) is 0 Å². The normalized spacial score (nSPS) is 10.6. The summed E-state index contributed by atoms with van der Waals surface area (Å²) in [4.78, 5) is 24.6. The van der Waals surface area contributed by atoms with Gasteiger partial charge in [-0.1, -0.05) is 35.9 Å². The lowest BCUT2D eigenvalue weighted by Gasteiger charge is -2.10. The molecule has 0 fully saturated rings. The highest BCUT2D eigenvalue weighted by molar-refractivity contribution is 6.31. The first-order valence-corrected chi connectivity index (χ1v) is 10.2. The highest BCUT2D eigenvalue weighted by Crippen LogP contribution is 2.24. The van der Waals surface area contributed by atoms with E-state index in [1.165, 1.54) is 0 Å². The molecule has 1 aromatic heterocycles. The van der Waals surface area contributed by atoms with Crippen molar-refractivity contribution in [3.8, 4) is 22.9 Å². The van der Waals surface area contributed by atoms with Crippen LogP contribution < -0.4 is 10.6 Å². The van der Waals surface area contributed by atoms with Gasteiger partial charge in [0.2, 0.25) is 17.7 Å². The molecule has 0 saturated heterocycles. The number of amides is 2. The molecule has 0 atom stereocenters. The monoisotopic (exact) mass is 446 g/mol. The fourth-order valence-corrected chi connectivity index (χ4v) is 3.18. The number of anilines is 1. The Morgan fingerprint density at radius 3 is 2.22 bits per heavy atom. The number of aromatic nitrogens is 2. The van der Waals surface area contributed by atoms with E-state index in [2.05, 4.69) is 20.8 Å². The summed E-state index contributed by atoms with van der Waals surface area (Å²) in [7, 11) is 0. The molecular formula is C24H19ClN4O3. The third-order valence-corrected chi connectivity index (χ3v) is 5.20. The molecule has 4 aromatic rings. The largest absolute Gasteiger partial charge is 0.416 e. The summed E-state index contributed by atoms with van der Waals surface area (Å²) in [6.07, 6.45) is 0. The van der Waals surface area contributed by atoms with Gasteiger partial charge in [0.1, 0.15) is 0 Å². The van der Waals surface area contributed by atoms with Gasteiger partial charge >= 0.3 is 0 Å². The topological polar surface area (TPSA) is 97.1 Å². The first kappa shape index (κ1) is 21.3. The minimum Gasteiger partial charge on any atom is -0.416 e. The summed E-state index contributed by atoms with van der Waals surface area (Å²) in [6, 6.07) is 21.4. The number of rotatable bonds is 6. The van der Waals surface area contributed by atoms with E-state index >= 15 is 0 Å². The Kier molecular flexibility index (Phi) is 6.28. The molecule has 0 bridgehead atoms. The van der Waals surface area contributed by atoms with E-state index < -0.39 is 0 Å². The average Bonchev–Trinajstić information content (AvgIpc) is 3.32. The van der Waals surface area contributed by atoms with Crippen LogP contribution in [-0.2, 0) is 4.79 Å². The molecule has 0 saturated carbocycles. The number of hydrogen-bond donors (Lipinski definition) is 2. The summed E-state index contributed by atoms with van der Waals surface area (Å²) >= 11 is 6.06. The number of hydrogen-bond acceptors (Lipinski definition) is 5. The van der Waals surface area contributed by atoms with Gasteiger partial charge in [-0.15, -0.1) is 10.2 Å². The molecular weight excluding hydrogens is 428 g/mol. The molecule has 160 valence electrons. The number of carbonyl (C=O) groups excluding carboxylic acids is 2. The van der Waals surface area contributed by atoms with Crippen LogP contribution >= 0.6 is 11.6 Å². The number of benzene rings is 3. The molecule has 32 heavy (non-hydrogen) atoms. The number of carbonyl (C=O) groups is 2. The van der Waals surface area contributed by atoms with E-state index in [1.54, 1.807) is 42.5 Å². The summed E-state index contributed by atoms with van der Waals surface area (Å²) in [5, 5.41) is 14.0. The van der Waals surface area contributed by atoms with Crippen molar-refractivity contribution >= 4 is 29.1 Å². The smallest absolute Gasteiger partial charge is 0.251 e. The van der Waals surface area contributed by atoms with Gasteiger partial charge in [-0.25, -0.2) is 0 Å². The quantitative estimate of drug-likeness (QED) is 0.446. The molecule has 1 heterocycles. The molecule has 2 N–H and O–H groups in total. The van der Waals surface area contributed by atoms with Gasteiger partial charge in [0, 0.05) is 27.4 Å². The van der Waals surface area contributed by atoms with Gasteiger partial charge in [0.05, 0.1) is 6.54 Å². The molecule has 0 radical (unpaired) electrons. The molecule has 4 rings (SSSR count). The second kappa shape index (κ2) is 9.45. The molecule has 3 aromatic carbocycles. The van der Waals surface area contributed by atoms with Crippen LogP contribution in [0.3, 0.4) is 0 Å². The maximum atomic E-state index is 12.4. The second-order valence-corrected chi connectivity index (χ2v) is 7.41. The van der Waals surface area contributed by atoms with E-state index in [4.69, 9.17) is 16.0 Å². The average molecular weight is 447 g/mol.